The van der Waals surface area contributed by atoms with Gasteiger partial charge in [0.25, 0.3) is 5.91 Å². The number of amides is 1. The van der Waals surface area contributed by atoms with Crippen molar-refractivity contribution in [2.75, 3.05) is 13.1 Å². The first kappa shape index (κ1) is 17.7. The predicted octanol–water partition coefficient (Wildman–Crippen LogP) is 4.07. The lowest BCUT2D eigenvalue weighted by Crippen LogP contribution is -2.25. The van der Waals surface area contributed by atoms with Crippen molar-refractivity contribution in [2.45, 2.75) is 32.9 Å². The fourth-order valence-corrected chi connectivity index (χ4v) is 3.83. The summed E-state index contributed by atoms with van der Waals surface area (Å²) in [6.45, 7) is 5.77. The maximum Gasteiger partial charge on any atom is 0.252 e. The van der Waals surface area contributed by atoms with Gasteiger partial charge in [-0.05, 0) is 56.1 Å². The van der Waals surface area contributed by atoms with Crippen molar-refractivity contribution in [3.8, 4) is 0 Å². The number of aromatic nitrogens is 1. The van der Waals surface area contributed by atoms with Crippen LogP contribution in [0.1, 0.15) is 40.0 Å². The third-order valence-electron chi connectivity index (χ3n) is 5.24. The number of fused-ring (bicyclic) bond motifs is 1. The highest BCUT2D eigenvalue weighted by Crippen LogP contribution is 2.19. The lowest BCUT2D eigenvalue weighted by molar-refractivity contribution is 0.0952. The number of hydrogen-bond donors (Lipinski definition) is 1. The number of likely N-dealkylation sites (tertiary alicyclic amines) is 1. The van der Waals surface area contributed by atoms with Gasteiger partial charge in [0.2, 0.25) is 0 Å². The molecule has 138 valence electrons. The highest BCUT2D eigenvalue weighted by molar-refractivity contribution is 6.06. The Balaban J connectivity index is 1.52. The van der Waals surface area contributed by atoms with Crippen molar-refractivity contribution in [3.05, 3.63) is 77.0 Å². The molecule has 0 spiro atoms. The molecule has 4 nitrogen and oxygen atoms in total. The number of hydrogen-bond acceptors (Lipinski definition) is 3. The number of pyridine rings is 1. The Labute approximate surface area is 160 Å². The quantitative estimate of drug-likeness (QED) is 0.747. The van der Waals surface area contributed by atoms with Crippen LogP contribution < -0.4 is 5.32 Å². The van der Waals surface area contributed by atoms with Crippen LogP contribution in [-0.2, 0) is 13.1 Å². The molecule has 1 fully saturated rings. The second-order valence-corrected chi connectivity index (χ2v) is 7.26. The molecule has 27 heavy (non-hydrogen) atoms. The number of benzene rings is 2. The zero-order valence-electron chi connectivity index (χ0n) is 15.7. The Morgan fingerprint density at radius 2 is 1.74 bits per heavy atom. The maximum atomic E-state index is 12.9. The molecule has 1 aliphatic rings. The molecular weight excluding hydrogens is 334 g/mol. The minimum absolute atomic E-state index is 0.0484. The molecule has 0 bridgehead atoms. The van der Waals surface area contributed by atoms with Crippen LogP contribution in [0, 0.1) is 6.92 Å². The average Bonchev–Trinajstić information content (AvgIpc) is 3.19. The lowest BCUT2D eigenvalue weighted by atomic mass is 10.1. The summed E-state index contributed by atoms with van der Waals surface area (Å²) in [5.41, 5.74) is 4.89. The van der Waals surface area contributed by atoms with E-state index in [1.807, 2.05) is 43.3 Å². The van der Waals surface area contributed by atoms with Crippen LogP contribution in [0.2, 0.25) is 0 Å². The smallest absolute Gasteiger partial charge is 0.252 e. The molecule has 2 heterocycles. The zero-order chi connectivity index (χ0) is 18.6. The summed E-state index contributed by atoms with van der Waals surface area (Å²) in [6, 6.07) is 18.1. The Hall–Kier alpha value is -2.72. The van der Waals surface area contributed by atoms with Crippen LogP contribution in [-0.4, -0.2) is 28.9 Å². The van der Waals surface area contributed by atoms with Gasteiger partial charge in [-0.25, -0.2) is 0 Å². The second-order valence-electron chi connectivity index (χ2n) is 7.26. The van der Waals surface area contributed by atoms with Crippen molar-refractivity contribution >= 4 is 16.8 Å². The zero-order valence-corrected chi connectivity index (χ0v) is 15.7. The van der Waals surface area contributed by atoms with E-state index >= 15 is 0 Å². The van der Waals surface area contributed by atoms with Gasteiger partial charge in [-0.15, -0.1) is 0 Å². The first-order valence-corrected chi connectivity index (χ1v) is 9.64. The Kier molecular flexibility index (Phi) is 5.16. The van der Waals surface area contributed by atoms with Gasteiger partial charge in [0.05, 0.1) is 11.1 Å². The van der Waals surface area contributed by atoms with Gasteiger partial charge in [0.1, 0.15) is 0 Å². The Morgan fingerprint density at radius 3 is 2.56 bits per heavy atom. The van der Waals surface area contributed by atoms with E-state index in [4.69, 9.17) is 0 Å². The van der Waals surface area contributed by atoms with Gasteiger partial charge in [0.15, 0.2) is 0 Å². The summed E-state index contributed by atoms with van der Waals surface area (Å²) in [5, 5.41) is 4.01. The number of carbonyl (C=O) groups is 1. The summed E-state index contributed by atoms with van der Waals surface area (Å²) in [5.74, 6) is -0.0484. The van der Waals surface area contributed by atoms with Crippen molar-refractivity contribution < 1.29 is 4.79 Å². The first-order chi connectivity index (χ1) is 13.2. The topological polar surface area (TPSA) is 45.2 Å². The fraction of sp³-hybridized carbons (Fsp3) is 0.304. The van der Waals surface area contributed by atoms with Gasteiger partial charge in [-0.1, -0.05) is 42.5 Å². The Bertz CT molecular complexity index is 961. The Morgan fingerprint density at radius 1 is 1.04 bits per heavy atom. The number of para-hydroxylation sites is 1. The van der Waals surface area contributed by atoms with Gasteiger partial charge >= 0.3 is 0 Å². The van der Waals surface area contributed by atoms with E-state index in [0.29, 0.717) is 12.1 Å². The fourth-order valence-electron chi connectivity index (χ4n) is 3.83. The van der Waals surface area contributed by atoms with Crippen LogP contribution in [0.25, 0.3) is 10.9 Å². The third-order valence-corrected chi connectivity index (χ3v) is 5.24. The minimum Gasteiger partial charge on any atom is -0.348 e. The normalized spacial score (nSPS) is 14.6. The summed E-state index contributed by atoms with van der Waals surface area (Å²) >= 11 is 0. The molecule has 2 aromatic carbocycles. The SMILES string of the molecule is Cc1cc(C(=O)NCc2ccccc2CN2CCCC2)c2ccccc2n1. The molecule has 0 unspecified atom stereocenters. The molecule has 1 saturated heterocycles. The largest absolute Gasteiger partial charge is 0.348 e. The van der Waals surface area contributed by atoms with Crippen molar-refractivity contribution in [3.63, 3.8) is 0 Å². The number of carbonyl (C=O) groups excluding carboxylic acids is 1. The van der Waals surface area contributed by atoms with Crippen LogP contribution in [0.3, 0.4) is 0 Å². The summed E-state index contributed by atoms with van der Waals surface area (Å²) in [4.78, 5) is 19.9. The molecule has 3 aromatic rings. The molecule has 0 atom stereocenters. The van der Waals surface area contributed by atoms with E-state index in [0.717, 1.165) is 23.1 Å². The van der Waals surface area contributed by atoms with Crippen LogP contribution in [0.15, 0.2) is 54.6 Å². The molecule has 1 N–H and O–H groups in total. The standard InChI is InChI=1S/C23H25N3O/c1-17-14-21(20-10-4-5-11-22(20)25-17)23(27)24-15-18-8-2-3-9-19(18)16-26-12-6-7-13-26/h2-5,8-11,14H,6-7,12-13,15-16H2,1H3,(H,24,27). The van der Waals surface area contributed by atoms with E-state index < -0.39 is 0 Å². The van der Waals surface area contributed by atoms with Crippen molar-refractivity contribution in [2.24, 2.45) is 0 Å². The summed E-state index contributed by atoms with van der Waals surface area (Å²) in [7, 11) is 0. The maximum absolute atomic E-state index is 12.9. The molecule has 4 rings (SSSR count). The summed E-state index contributed by atoms with van der Waals surface area (Å²) in [6.07, 6.45) is 2.57. The first-order valence-electron chi connectivity index (χ1n) is 9.64. The highest BCUT2D eigenvalue weighted by atomic mass is 16.1. The molecule has 1 aromatic heterocycles. The second kappa shape index (κ2) is 7.89. The molecule has 4 heteroatoms. The van der Waals surface area contributed by atoms with Crippen molar-refractivity contribution in [1.82, 2.24) is 15.2 Å². The van der Waals surface area contributed by atoms with E-state index in [1.165, 1.54) is 37.1 Å². The lowest BCUT2D eigenvalue weighted by Gasteiger charge is -2.18. The molecule has 1 aliphatic heterocycles. The number of rotatable bonds is 5. The minimum atomic E-state index is -0.0484. The van der Waals surface area contributed by atoms with Gasteiger partial charge in [-0.3, -0.25) is 14.7 Å². The van der Waals surface area contributed by atoms with Gasteiger partial charge in [-0.2, -0.15) is 0 Å². The molecule has 0 aliphatic carbocycles. The van der Waals surface area contributed by atoms with Crippen molar-refractivity contribution in [1.29, 1.82) is 0 Å². The summed E-state index contributed by atoms with van der Waals surface area (Å²) < 4.78 is 0. The molecule has 0 saturated carbocycles. The highest BCUT2D eigenvalue weighted by Gasteiger charge is 2.15. The van der Waals surface area contributed by atoms with Crippen LogP contribution in [0.5, 0.6) is 0 Å². The molecule has 0 radical (unpaired) electrons. The number of aryl methyl sites for hydroxylation is 1. The number of nitrogens with zero attached hydrogens (tertiary/aromatic N) is 2. The number of nitrogens with one attached hydrogen (secondary N) is 1. The average molecular weight is 359 g/mol. The van der Waals surface area contributed by atoms with Crippen LogP contribution >= 0.6 is 0 Å². The van der Waals surface area contributed by atoms with Gasteiger partial charge < -0.3 is 5.32 Å². The van der Waals surface area contributed by atoms with E-state index in [9.17, 15) is 4.79 Å². The van der Waals surface area contributed by atoms with E-state index in [2.05, 4.69) is 33.4 Å². The van der Waals surface area contributed by atoms with Gasteiger partial charge in [0, 0.05) is 24.2 Å². The van der Waals surface area contributed by atoms with E-state index in [-0.39, 0.29) is 5.91 Å². The van der Waals surface area contributed by atoms with Crippen LogP contribution in [0.4, 0.5) is 0 Å². The third kappa shape index (κ3) is 4.01. The monoisotopic (exact) mass is 359 g/mol. The van der Waals surface area contributed by atoms with E-state index in [1.54, 1.807) is 0 Å². The molecule has 1 amide bonds. The predicted molar refractivity (Wildman–Crippen MR) is 109 cm³/mol. The molecular formula is C23H25N3O.